The monoisotopic (exact) mass is 305 g/mol. The van der Waals surface area contributed by atoms with Crippen molar-refractivity contribution in [2.24, 2.45) is 0 Å². The summed E-state index contributed by atoms with van der Waals surface area (Å²) in [6.45, 7) is 3.54. The summed E-state index contributed by atoms with van der Waals surface area (Å²) in [5.74, 6) is 0.165. The van der Waals surface area contributed by atoms with E-state index in [9.17, 15) is 4.79 Å². The first kappa shape index (κ1) is 15.1. The number of nitrogens with one attached hydrogen (secondary N) is 1. The zero-order valence-corrected chi connectivity index (χ0v) is 12.5. The molecule has 1 unspecified atom stereocenters. The van der Waals surface area contributed by atoms with Crippen molar-refractivity contribution in [2.75, 3.05) is 11.1 Å². The van der Waals surface area contributed by atoms with Gasteiger partial charge in [0.1, 0.15) is 5.75 Å². The van der Waals surface area contributed by atoms with Gasteiger partial charge in [-0.25, -0.2) is 0 Å². The highest BCUT2D eigenvalue weighted by atomic mass is 35.5. The summed E-state index contributed by atoms with van der Waals surface area (Å²) in [6, 6.07) is 6.94. The van der Waals surface area contributed by atoms with Crippen molar-refractivity contribution in [1.29, 1.82) is 0 Å². The number of carbonyl (C=O) groups excluding carboxylic acids is 1. The largest absolute Gasteiger partial charge is 0.479 e. The Morgan fingerprint density at radius 1 is 1.38 bits per heavy atom. The Morgan fingerprint density at radius 2 is 2.14 bits per heavy atom. The van der Waals surface area contributed by atoms with Crippen LogP contribution in [0.25, 0.3) is 0 Å². The Hall–Kier alpha value is -2.27. The summed E-state index contributed by atoms with van der Waals surface area (Å²) >= 11 is 5.82. The molecule has 2 aromatic rings. The van der Waals surface area contributed by atoms with E-state index in [2.05, 4.69) is 10.3 Å². The second-order valence-electron chi connectivity index (χ2n) is 4.66. The second kappa shape index (κ2) is 6.45. The van der Waals surface area contributed by atoms with Crippen molar-refractivity contribution in [3.8, 4) is 5.75 Å². The Morgan fingerprint density at radius 3 is 2.86 bits per heavy atom. The average molecular weight is 306 g/mol. The first-order chi connectivity index (χ1) is 9.95. The van der Waals surface area contributed by atoms with Crippen molar-refractivity contribution >= 4 is 28.9 Å². The van der Waals surface area contributed by atoms with E-state index in [4.69, 9.17) is 22.1 Å². The van der Waals surface area contributed by atoms with Crippen LogP contribution in [0.2, 0.25) is 5.02 Å². The molecule has 1 aromatic carbocycles. The van der Waals surface area contributed by atoms with Gasteiger partial charge >= 0.3 is 0 Å². The number of nitrogens with two attached hydrogens (primary N) is 1. The van der Waals surface area contributed by atoms with Gasteiger partial charge in [0.15, 0.2) is 6.10 Å². The van der Waals surface area contributed by atoms with Gasteiger partial charge in [0.25, 0.3) is 5.91 Å². The molecule has 2 rings (SSSR count). The lowest BCUT2D eigenvalue weighted by molar-refractivity contribution is -0.122. The number of amides is 1. The predicted molar refractivity (Wildman–Crippen MR) is 83.6 cm³/mol. The van der Waals surface area contributed by atoms with E-state index in [0.717, 1.165) is 5.56 Å². The molecular formula is C15H16ClN3O2. The zero-order chi connectivity index (χ0) is 15.4. The quantitative estimate of drug-likeness (QED) is 0.851. The minimum Gasteiger partial charge on any atom is -0.479 e. The lowest BCUT2D eigenvalue weighted by Gasteiger charge is -2.16. The fraction of sp³-hybridized carbons (Fsp3) is 0.200. The van der Waals surface area contributed by atoms with Gasteiger partial charge in [-0.2, -0.15) is 0 Å². The van der Waals surface area contributed by atoms with Crippen LogP contribution in [-0.2, 0) is 4.79 Å². The maximum atomic E-state index is 12.1. The van der Waals surface area contributed by atoms with Crippen LogP contribution in [0, 0.1) is 6.92 Å². The van der Waals surface area contributed by atoms with Gasteiger partial charge in [-0.3, -0.25) is 9.78 Å². The van der Waals surface area contributed by atoms with Crippen LogP contribution in [0.1, 0.15) is 12.5 Å². The molecule has 0 saturated heterocycles. The van der Waals surface area contributed by atoms with Crippen molar-refractivity contribution in [1.82, 2.24) is 4.98 Å². The molecule has 5 nitrogen and oxygen atoms in total. The van der Waals surface area contributed by atoms with Gasteiger partial charge in [-0.15, -0.1) is 0 Å². The van der Waals surface area contributed by atoms with Crippen LogP contribution < -0.4 is 15.8 Å². The maximum Gasteiger partial charge on any atom is 0.265 e. The number of anilines is 2. The van der Waals surface area contributed by atoms with Gasteiger partial charge < -0.3 is 15.8 Å². The molecule has 6 heteroatoms. The van der Waals surface area contributed by atoms with E-state index in [-0.39, 0.29) is 5.91 Å². The molecule has 1 atom stereocenters. The van der Waals surface area contributed by atoms with E-state index >= 15 is 0 Å². The fourth-order valence-corrected chi connectivity index (χ4v) is 1.89. The molecule has 0 fully saturated rings. The Labute approximate surface area is 128 Å². The fourth-order valence-electron chi connectivity index (χ4n) is 1.72. The molecule has 1 heterocycles. The van der Waals surface area contributed by atoms with E-state index in [0.29, 0.717) is 22.1 Å². The molecule has 21 heavy (non-hydrogen) atoms. The highest BCUT2D eigenvalue weighted by Gasteiger charge is 2.16. The van der Waals surface area contributed by atoms with E-state index in [1.165, 1.54) is 12.4 Å². The molecule has 0 aliphatic carbocycles. The number of nitrogens with zero attached hydrogens (tertiary/aromatic N) is 1. The molecule has 110 valence electrons. The lowest BCUT2D eigenvalue weighted by atomic mass is 10.2. The molecule has 1 amide bonds. The smallest absolute Gasteiger partial charge is 0.265 e. The average Bonchev–Trinajstić information content (AvgIpc) is 2.43. The number of hydrogen-bond acceptors (Lipinski definition) is 4. The van der Waals surface area contributed by atoms with E-state index in [1.807, 2.05) is 13.0 Å². The third-order valence-corrected chi connectivity index (χ3v) is 3.09. The number of carbonyl (C=O) groups is 1. The van der Waals surface area contributed by atoms with E-state index in [1.54, 1.807) is 25.1 Å². The van der Waals surface area contributed by atoms with Crippen LogP contribution in [0.5, 0.6) is 5.75 Å². The van der Waals surface area contributed by atoms with Crippen molar-refractivity contribution in [3.05, 3.63) is 47.2 Å². The SMILES string of the molecule is Cc1ccc(N)cc1NC(=O)C(C)Oc1cncc(Cl)c1. The van der Waals surface area contributed by atoms with Crippen LogP contribution >= 0.6 is 11.6 Å². The minimum absolute atomic E-state index is 0.274. The summed E-state index contributed by atoms with van der Waals surface area (Å²) in [4.78, 5) is 16.0. The summed E-state index contributed by atoms with van der Waals surface area (Å²) in [5, 5.41) is 3.24. The van der Waals surface area contributed by atoms with Gasteiger partial charge in [0.05, 0.1) is 11.2 Å². The van der Waals surface area contributed by atoms with Crippen LogP contribution in [0.4, 0.5) is 11.4 Å². The molecule has 0 aliphatic heterocycles. The minimum atomic E-state index is -0.689. The molecule has 0 aliphatic rings. The summed E-state index contributed by atoms with van der Waals surface area (Å²) in [5.41, 5.74) is 7.89. The molecule has 0 bridgehead atoms. The number of ether oxygens (including phenoxy) is 1. The predicted octanol–water partition coefficient (Wildman–Crippen LogP) is 3.03. The normalized spacial score (nSPS) is 11.8. The third-order valence-electron chi connectivity index (χ3n) is 2.88. The van der Waals surface area contributed by atoms with Gasteiger partial charge in [-0.05, 0) is 31.5 Å². The first-order valence-electron chi connectivity index (χ1n) is 6.40. The first-order valence-corrected chi connectivity index (χ1v) is 6.77. The van der Waals surface area contributed by atoms with E-state index < -0.39 is 6.10 Å². The Kier molecular flexibility index (Phi) is 4.65. The Bertz CT molecular complexity index is 661. The molecular weight excluding hydrogens is 290 g/mol. The number of pyridine rings is 1. The molecule has 3 N–H and O–H groups in total. The standard InChI is InChI=1S/C15H16ClN3O2/c1-9-3-4-12(17)6-14(9)19-15(20)10(2)21-13-5-11(16)7-18-8-13/h3-8,10H,17H2,1-2H3,(H,19,20). The van der Waals surface area contributed by atoms with Crippen molar-refractivity contribution in [3.63, 3.8) is 0 Å². The highest BCUT2D eigenvalue weighted by molar-refractivity contribution is 6.30. The number of hydrogen-bond donors (Lipinski definition) is 2. The van der Waals surface area contributed by atoms with Crippen molar-refractivity contribution < 1.29 is 9.53 Å². The van der Waals surface area contributed by atoms with Crippen LogP contribution in [0.3, 0.4) is 0 Å². The highest BCUT2D eigenvalue weighted by Crippen LogP contribution is 2.20. The maximum absolute atomic E-state index is 12.1. The number of aryl methyl sites for hydroxylation is 1. The molecule has 0 saturated carbocycles. The number of aromatic nitrogens is 1. The Balaban J connectivity index is 2.04. The molecule has 1 aromatic heterocycles. The molecule has 0 spiro atoms. The summed E-state index contributed by atoms with van der Waals surface area (Å²) in [7, 11) is 0. The van der Waals surface area contributed by atoms with Crippen LogP contribution in [0.15, 0.2) is 36.7 Å². The second-order valence-corrected chi connectivity index (χ2v) is 5.10. The topological polar surface area (TPSA) is 77.2 Å². The number of benzene rings is 1. The van der Waals surface area contributed by atoms with Crippen LogP contribution in [-0.4, -0.2) is 17.0 Å². The number of nitrogen functional groups attached to an aromatic ring is 1. The van der Waals surface area contributed by atoms with Gasteiger partial charge in [0, 0.05) is 23.6 Å². The molecule has 0 radical (unpaired) electrons. The summed E-state index contributed by atoms with van der Waals surface area (Å²) < 4.78 is 5.51. The van der Waals surface area contributed by atoms with Gasteiger partial charge in [-0.1, -0.05) is 17.7 Å². The number of rotatable bonds is 4. The lowest BCUT2D eigenvalue weighted by Crippen LogP contribution is -2.30. The number of halogens is 1. The van der Waals surface area contributed by atoms with Crippen molar-refractivity contribution in [2.45, 2.75) is 20.0 Å². The third kappa shape index (κ3) is 4.10. The van der Waals surface area contributed by atoms with Gasteiger partial charge in [0.2, 0.25) is 0 Å². The zero-order valence-electron chi connectivity index (χ0n) is 11.8. The summed E-state index contributed by atoms with van der Waals surface area (Å²) in [6.07, 6.45) is 2.31.